The summed E-state index contributed by atoms with van der Waals surface area (Å²) in [5.74, 6) is 0.700. The maximum atomic E-state index is 12.0. The third-order valence-corrected chi connectivity index (χ3v) is 3.26. The molecular weight excluding hydrogens is 266 g/mol. The Hall–Kier alpha value is -2.33. The fraction of sp³-hybridized carbons (Fsp3) is 0.235. The van der Waals surface area contributed by atoms with E-state index in [0.29, 0.717) is 6.54 Å². The first-order valence-corrected chi connectivity index (χ1v) is 6.80. The van der Waals surface area contributed by atoms with Gasteiger partial charge in [0.1, 0.15) is 5.75 Å². The summed E-state index contributed by atoms with van der Waals surface area (Å²) in [6.45, 7) is 0.399. The van der Waals surface area contributed by atoms with E-state index in [2.05, 4.69) is 5.32 Å². The smallest absolute Gasteiger partial charge is 0.224 e. The lowest BCUT2D eigenvalue weighted by Gasteiger charge is -2.09. The molecular formula is C17H19NO3. The van der Waals surface area contributed by atoms with E-state index in [9.17, 15) is 9.90 Å². The van der Waals surface area contributed by atoms with Crippen molar-refractivity contribution in [2.45, 2.75) is 19.6 Å². The first-order valence-electron chi connectivity index (χ1n) is 6.80. The van der Waals surface area contributed by atoms with Gasteiger partial charge in [-0.3, -0.25) is 4.79 Å². The predicted octanol–water partition coefficient (Wildman–Crippen LogP) is 2.05. The lowest BCUT2D eigenvalue weighted by molar-refractivity contribution is -0.120. The third kappa shape index (κ3) is 4.33. The summed E-state index contributed by atoms with van der Waals surface area (Å²) < 4.78 is 5.15. The summed E-state index contributed by atoms with van der Waals surface area (Å²) in [5, 5.41) is 12.1. The molecule has 0 aliphatic carbocycles. The lowest BCUT2D eigenvalue weighted by atomic mass is 10.0. The minimum atomic E-state index is -0.0706. The van der Waals surface area contributed by atoms with Crippen molar-refractivity contribution < 1.29 is 14.6 Å². The van der Waals surface area contributed by atoms with Crippen LogP contribution in [0, 0.1) is 0 Å². The van der Waals surface area contributed by atoms with Gasteiger partial charge < -0.3 is 15.2 Å². The maximum absolute atomic E-state index is 12.0. The zero-order valence-corrected chi connectivity index (χ0v) is 12.0. The van der Waals surface area contributed by atoms with Gasteiger partial charge in [0.05, 0.1) is 20.1 Å². The maximum Gasteiger partial charge on any atom is 0.224 e. The van der Waals surface area contributed by atoms with Crippen molar-refractivity contribution in [3.05, 3.63) is 65.2 Å². The van der Waals surface area contributed by atoms with Crippen LogP contribution in [0.2, 0.25) is 0 Å². The third-order valence-electron chi connectivity index (χ3n) is 3.26. The van der Waals surface area contributed by atoms with Crippen molar-refractivity contribution >= 4 is 5.91 Å². The van der Waals surface area contributed by atoms with E-state index in [1.165, 1.54) is 0 Å². The molecule has 0 spiro atoms. The van der Waals surface area contributed by atoms with Crippen LogP contribution < -0.4 is 10.1 Å². The molecule has 0 heterocycles. The summed E-state index contributed by atoms with van der Waals surface area (Å²) in [6, 6.07) is 15.0. The van der Waals surface area contributed by atoms with Crippen molar-refractivity contribution in [3.63, 3.8) is 0 Å². The Bertz CT molecular complexity index is 610. The van der Waals surface area contributed by atoms with Crippen LogP contribution in [-0.4, -0.2) is 18.1 Å². The van der Waals surface area contributed by atoms with Gasteiger partial charge in [0.15, 0.2) is 0 Å². The summed E-state index contributed by atoms with van der Waals surface area (Å²) >= 11 is 0. The Labute approximate surface area is 124 Å². The second-order valence-corrected chi connectivity index (χ2v) is 4.73. The van der Waals surface area contributed by atoms with Gasteiger partial charge in [-0.15, -0.1) is 0 Å². The van der Waals surface area contributed by atoms with E-state index in [1.807, 2.05) is 48.5 Å². The second kappa shape index (κ2) is 7.45. The summed E-state index contributed by atoms with van der Waals surface area (Å²) in [5.41, 5.74) is 2.62. The van der Waals surface area contributed by atoms with Gasteiger partial charge in [-0.25, -0.2) is 0 Å². The number of methoxy groups -OCH3 is 1. The van der Waals surface area contributed by atoms with Crippen LogP contribution in [0.1, 0.15) is 16.7 Å². The topological polar surface area (TPSA) is 58.6 Å². The number of carbonyl (C=O) groups is 1. The van der Waals surface area contributed by atoms with Crippen molar-refractivity contribution in [3.8, 4) is 5.75 Å². The fourth-order valence-corrected chi connectivity index (χ4v) is 2.10. The monoisotopic (exact) mass is 285 g/mol. The number of hydrogen-bond donors (Lipinski definition) is 2. The first-order chi connectivity index (χ1) is 10.2. The highest BCUT2D eigenvalue weighted by molar-refractivity contribution is 5.78. The minimum Gasteiger partial charge on any atom is -0.497 e. The van der Waals surface area contributed by atoms with Gasteiger partial charge >= 0.3 is 0 Å². The highest BCUT2D eigenvalue weighted by atomic mass is 16.5. The Balaban J connectivity index is 1.92. The molecule has 0 fully saturated rings. The number of benzene rings is 2. The fourth-order valence-electron chi connectivity index (χ4n) is 2.10. The van der Waals surface area contributed by atoms with E-state index in [4.69, 9.17) is 4.74 Å². The minimum absolute atomic E-state index is 0.0562. The summed E-state index contributed by atoms with van der Waals surface area (Å²) in [4.78, 5) is 12.0. The molecule has 2 aromatic carbocycles. The molecule has 4 nitrogen and oxygen atoms in total. The average Bonchev–Trinajstić information content (AvgIpc) is 2.53. The van der Waals surface area contributed by atoms with E-state index < -0.39 is 0 Å². The van der Waals surface area contributed by atoms with Crippen LogP contribution in [-0.2, 0) is 24.4 Å². The number of rotatable bonds is 6. The number of amides is 1. The van der Waals surface area contributed by atoms with Crippen LogP contribution in [0.4, 0.5) is 0 Å². The number of aliphatic hydroxyl groups excluding tert-OH is 1. The zero-order chi connectivity index (χ0) is 15.1. The number of hydrogen-bond acceptors (Lipinski definition) is 3. The van der Waals surface area contributed by atoms with Crippen LogP contribution in [0.3, 0.4) is 0 Å². The predicted molar refractivity (Wildman–Crippen MR) is 80.9 cm³/mol. The van der Waals surface area contributed by atoms with E-state index >= 15 is 0 Å². The number of ether oxygens (including phenoxy) is 1. The summed E-state index contributed by atoms with van der Waals surface area (Å²) in [6.07, 6.45) is 0.265. The molecule has 0 aliphatic heterocycles. The van der Waals surface area contributed by atoms with Crippen LogP contribution in [0.15, 0.2) is 48.5 Å². The van der Waals surface area contributed by atoms with Crippen LogP contribution >= 0.6 is 0 Å². The van der Waals surface area contributed by atoms with E-state index in [0.717, 1.165) is 22.4 Å². The van der Waals surface area contributed by atoms with E-state index in [1.54, 1.807) is 7.11 Å². The Morgan fingerprint density at radius 3 is 2.62 bits per heavy atom. The van der Waals surface area contributed by atoms with Gasteiger partial charge in [0.2, 0.25) is 5.91 Å². The Morgan fingerprint density at radius 2 is 1.90 bits per heavy atom. The first kappa shape index (κ1) is 15.1. The van der Waals surface area contributed by atoms with Crippen molar-refractivity contribution in [2.24, 2.45) is 0 Å². The van der Waals surface area contributed by atoms with E-state index in [-0.39, 0.29) is 18.9 Å². The lowest BCUT2D eigenvalue weighted by Crippen LogP contribution is -2.25. The molecule has 0 saturated carbocycles. The average molecular weight is 285 g/mol. The van der Waals surface area contributed by atoms with Crippen LogP contribution in [0.5, 0.6) is 5.75 Å². The molecule has 0 aliphatic rings. The van der Waals surface area contributed by atoms with Gasteiger partial charge in [0.25, 0.3) is 0 Å². The molecule has 2 aromatic rings. The molecule has 110 valence electrons. The SMILES string of the molecule is COc1cccc(CNC(=O)Cc2ccccc2CO)c1. The Morgan fingerprint density at radius 1 is 1.14 bits per heavy atom. The number of aliphatic hydroxyl groups is 1. The zero-order valence-electron chi connectivity index (χ0n) is 12.0. The molecule has 21 heavy (non-hydrogen) atoms. The summed E-state index contributed by atoms with van der Waals surface area (Å²) in [7, 11) is 1.61. The normalized spacial score (nSPS) is 10.2. The standard InChI is InChI=1S/C17H19NO3/c1-21-16-8-4-5-13(9-16)11-18-17(20)10-14-6-2-3-7-15(14)12-19/h2-9,19H,10-12H2,1H3,(H,18,20). The Kier molecular flexibility index (Phi) is 5.35. The second-order valence-electron chi connectivity index (χ2n) is 4.73. The molecule has 0 bridgehead atoms. The van der Waals surface area contributed by atoms with Crippen molar-refractivity contribution in [2.75, 3.05) is 7.11 Å². The molecule has 2 rings (SSSR count). The molecule has 0 aromatic heterocycles. The molecule has 1 amide bonds. The van der Waals surface area contributed by atoms with Gasteiger partial charge in [-0.2, -0.15) is 0 Å². The number of nitrogens with one attached hydrogen (secondary N) is 1. The molecule has 0 saturated heterocycles. The quantitative estimate of drug-likeness (QED) is 0.854. The molecule has 2 N–H and O–H groups in total. The highest BCUT2D eigenvalue weighted by Gasteiger charge is 2.07. The van der Waals surface area contributed by atoms with Gasteiger partial charge in [-0.05, 0) is 28.8 Å². The van der Waals surface area contributed by atoms with Crippen molar-refractivity contribution in [1.82, 2.24) is 5.32 Å². The molecule has 0 atom stereocenters. The van der Waals surface area contributed by atoms with Crippen molar-refractivity contribution in [1.29, 1.82) is 0 Å². The largest absolute Gasteiger partial charge is 0.497 e. The highest BCUT2D eigenvalue weighted by Crippen LogP contribution is 2.13. The molecule has 0 unspecified atom stereocenters. The molecule has 0 radical (unpaired) electrons. The van der Waals surface area contributed by atoms with Gasteiger partial charge in [0, 0.05) is 6.54 Å². The van der Waals surface area contributed by atoms with Gasteiger partial charge in [-0.1, -0.05) is 36.4 Å². The molecule has 4 heteroatoms. The number of carbonyl (C=O) groups excluding carboxylic acids is 1. The van der Waals surface area contributed by atoms with Crippen LogP contribution in [0.25, 0.3) is 0 Å².